The number of hydrogen-bond acceptors (Lipinski definition) is 4. The van der Waals surface area contributed by atoms with Crippen LogP contribution in [0.15, 0.2) is 65.7 Å². The molecule has 1 atom stereocenters. The molecule has 0 unspecified atom stereocenters. The predicted molar refractivity (Wildman–Crippen MR) is 96.8 cm³/mol. The van der Waals surface area contributed by atoms with E-state index in [9.17, 15) is 9.59 Å². The molecule has 3 rings (SSSR count). The van der Waals surface area contributed by atoms with Crippen LogP contribution < -0.4 is 10.2 Å². The number of carbonyl (C=O) groups is 2. The summed E-state index contributed by atoms with van der Waals surface area (Å²) in [7, 11) is 0. The van der Waals surface area contributed by atoms with Crippen LogP contribution in [0.5, 0.6) is 0 Å². The molecule has 2 aromatic rings. The van der Waals surface area contributed by atoms with Crippen LogP contribution in [0.25, 0.3) is 0 Å². The molecule has 1 aliphatic rings. The maximum absolute atomic E-state index is 12.7. The van der Waals surface area contributed by atoms with Crippen molar-refractivity contribution in [3.8, 4) is 0 Å². The first-order valence-corrected chi connectivity index (χ1v) is 7.85. The van der Waals surface area contributed by atoms with Crippen molar-refractivity contribution in [2.45, 2.75) is 6.54 Å². The second-order valence-corrected chi connectivity index (χ2v) is 5.64. The summed E-state index contributed by atoms with van der Waals surface area (Å²) in [6.07, 6.45) is 1.39. The van der Waals surface area contributed by atoms with Crippen LogP contribution in [0.3, 0.4) is 0 Å². The van der Waals surface area contributed by atoms with Crippen molar-refractivity contribution in [2.75, 3.05) is 4.90 Å². The van der Waals surface area contributed by atoms with E-state index in [1.54, 1.807) is 24.3 Å². The van der Waals surface area contributed by atoms with Gasteiger partial charge in [0, 0.05) is 6.21 Å². The van der Waals surface area contributed by atoms with Crippen LogP contribution >= 0.6 is 12.2 Å². The molecule has 1 N–H and O–H groups in total. The van der Waals surface area contributed by atoms with Crippen LogP contribution in [-0.2, 0) is 16.1 Å². The van der Waals surface area contributed by atoms with Gasteiger partial charge in [-0.15, -0.1) is 0 Å². The number of amides is 2. The molecular formula is C18H15N3O2S. The number of anilines is 1. The van der Waals surface area contributed by atoms with E-state index in [4.69, 9.17) is 12.2 Å². The van der Waals surface area contributed by atoms with Crippen LogP contribution in [0.4, 0.5) is 5.69 Å². The van der Waals surface area contributed by atoms with Crippen molar-refractivity contribution in [3.63, 3.8) is 0 Å². The highest BCUT2D eigenvalue weighted by molar-refractivity contribution is 7.80. The van der Waals surface area contributed by atoms with E-state index in [0.717, 1.165) is 5.56 Å². The second kappa shape index (κ2) is 7.14. The fourth-order valence-electron chi connectivity index (χ4n) is 2.39. The summed E-state index contributed by atoms with van der Waals surface area (Å²) < 4.78 is 0. The molecule has 0 aliphatic carbocycles. The highest BCUT2D eigenvalue weighted by Crippen LogP contribution is 2.19. The van der Waals surface area contributed by atoms with Gasteiger partial charge in [-0.2, -0.15) is 0 Å². The highest BCUT2D eigenvalue weighted by atomic mass is 32.1. The Labute approximate surface area is 145 Å². The summed E-state index contributed by atoms with van der Waals surface area (Å²) in [4.78, 5) is 30.3. The van der Waals surface area contributed by atoms with Gasteiger partial charge < -0.3 is 5.32 Å². The fraction of sp³-hybridized carbons (Fsp3) is 0.111. The third-order valence-electron chi connectivity index (χ3n) is 3.59. The van der Waals surface area contributed by atoms with E-state index in [1.165, 1.54) is 11.1 Å². The van der Waals surface area contributed by atoms with Crippen molar-refractivity contribution in [1.82, 2.24) is 5.32 Å². The molecule has 24 heavy (non-hydrogen) atoms. The zero-order chi connectivity index (χ0) is 16.9. The molecule has 2 amide bonds. The van der Waals surface area contributed by atoms with Crippen LogP contribution in [-0.4, -0.2) is 23.1 Å². The monoisotopic (exact) mass is 337 g/mol. The Morgan fingerprint density at radius 1 is 1.04 bits per heavy atom. The van der Waals surface area contributed by atoms with E-state index in [1.807, 2.05) is 36.4 Å². The number of thiocarbonyl (C=S) groups is 1. The molecule has 0 aromatic heterocycles. The summed E-state index contributed by atoms with van der Waals surface area (Å²) in [5, 5.41) is 2.65. The molecule has 2 aromatic carbocycles. The molecule has 0 radical (unpaired) electrons. The highest BCUT2D eigenvalue weighted by Gasteiger charge is 2.38. The minimum atomic E-state index is -0.986. The van der Waals surface area contributed by atoms with Crippen LogP contribution in [0.1, 0.15) is 5.56 Å². The first kappa shape index (κ1) is 16.0. The summed E-state index contributed by atoms with van der Waals surface area (Å²) in [5.41, 5.74) is 1.63. The zero-order valence-corrected chi connectivity index (χ0v) is 13.6. The average molecular weight is 337 g/mol. The number of aliphatic imine (C=N–C) groups is 1. The minimum absolute atomic E-state index is 0.0870. The molecule has 0 bridgehead atoms. The Morgan fingerprint density at radius 3 is 2.33 bits per heavy atom. The quantitative estimate of drug-likeness (QED) is 0.529. The minimum Gasteiger partial charge on any atom is -0.301 e. The number of rotatable bonds is 4. The standard InChI is InChI=1S/C18H15N3O2S/c22-16-15(12-19-11-13-7-3-1-4-8-13)17(23)21(18(24)20-16)14-9-5-2-6-10-14/h1-10,12,15H,11H2,(H,20,22,24)/t15-/m1/s1. The van der Waals surface area contributed by atoms with Gasteiger partial charge in [-0.25, -0.2) is 0 Å². The first-order chi connectivity index (χ1) is 11.7. The maximum atomic E-state index is 12.7. The van der Waals surface area contributed by atoms with Gasteiger partial charge in [0.2, 0.25) is 5.91 Å². The number of nitrogens with one attached hydrogen (secondary N) is 1. The molecule has 1 saturated heterocycles. The van der Waals surface area contributed by atoms with Gasteiger partial charge in [-0.3, -0.25) is 19.5 Å². The second-order valence-electron chi connectivity index (χ2n) is 5.26. The van der Waals surface area contributed by atoms with Crippen molar-refractivity contribution in [2.24, 2.45) is 10.9 Å². The number of hydrogen-bond donors (Lipinski definition) is 1. The third kappa shape index (κ3) is 3.38. The van der Waals surface area contributed by atoms with E-state index < -0.39 is 17.7 Å². The maximum Gasteiger partial charge on any atom is 0.251 e. The molecular weight excluding hydrogens is 322 g/mol. The van der Waals surface area contributed by atoms with E-state index in [-0.39, 0.29) is 5.11 Å². The largest absolute Gasteiger partial charge is 0.301 e. The molecule has 6 heteroatoms. The van der Waals surface area contributed by atoms with Gasteiger partial charge in [0.25, 0.3) is 5.91 Å². The lowest BCUT2D eigenvalue weighted by Gasteiger charge is -2.30. The van der Waals surface area contributed by atoms with Crippen molar-refractivity contribution >= 4 is 41.0 Å². The fourth-order valence-corrected chi connectivity index (χ4v) is 2.69. The lowest BCUT2D eigenvalue weighted by Crippen LogP contribution is -2.58. The molecule has 5 nitrogen and oxygen atoms in total. The number of carbonyl (C=O) groups excluding carboxylic acids is 2. The van der Waals surface area contributed by atoms with Crippen molar-refractivity contribution in [1.29, 1.82) is 0 Å². The Bertz CT molecular complexity index is 790. The summed E-state index contributed by atoms with van der Waals surface area (Å²) in [6, 6.07) is 18.6. The lowest BCUT2D eigenvalue weighted by atomic mass is 10.1. The zero-order valence-electron chi connectivity index (χ0n) is 12.8. The molecule has 120 valence electrons. The van der Waals surface area contributed by atoms with Gasteiger partial charge in [0.05, 0.1) is 12.2 Å². The normalized spacial score (nSPS) is 18.1. The topological polar surface area (TPSA) is 61.8 Å². The van der Waals surface area contributed by atoms with E-state index in [0.29, 0.717) is 12.2 Å². The summed E-state index contributed by atoms with van der Waals surface area (Å²) in [5.74, 6) is -1.83. The van der Waals surface area contributed by atoms with Crippen LogP contribution in [0.2, 0.25) is 0 Å². The van der Waals surface area contributed by atoms with E-state index >= 15 is 0 Å². The van der Waals surface area contributed by atoms with Gasteiger partial charge >= 0.3 is 0 Å². The van der Waals surface area contributed by atoms with Gasteiger partial charge in [-0.05, 0) is 29.9 Å². The Kier molecular flexibility index (Phi) is 4.77. The summed E-state index contributed by atoms with van der Waals surface area (Å²) in [6.45, 7) is 0.410. The van der Waals surface area contributed by atoms with Gasteiger partial charge in [0.1, 0.15) is 0 Å². The van der Waals surface area contributed by atoms with E-state index in [2.05, 4.69) is 10.3 Å². The average Bonchev–Trinajstić information content (AvgIpc) is 2.59. The van der Waals surface area contributed by atoms with Crippen LogP contribution in [0, 0.1) is 5.92 Å². The van der Waals surface area contributed by atoms with Crippen molar-refractivity contribution in [3.05, 3.63) is 66.2 Å². The Morgan fingerprint density at radius 2 is 1.67 bits per heavy atom. The molecule has 0 saturated carbocycles. The van der Waals surface area contributed by atoms with Crippen molar-refractivity contribution < 1.29 is 9.59 Å². The number of nitrogens with zero attached hydrogens (tertiary/aromatic N) is 2. The first-order valence-electron chi connectivity index (χ1n) is 7.44. The molecule has 0 spiro atoms. The lowest BCUT2D eigenvalue weighted by molar-refractivity contribution is -0.130. The predicted octanol–water partition coefficient (Wildman–Crippen LogP) is 2.32. The molecule has 1 fully saturated rings. The third-order valence-corrected chi connectivity index (χ3v) is 3.87. The van der Waals surface area contributed by atoms with Gasteiger partial charge in [0.15, 0.2) is 11.0 Å². The molecule has 1 heterocycles. The summed E-state index contributed by atoms with van der Waals surface area (Å²) >= 11 is 5.13. The van der Waals surface area contributed by atoms with Gasteiger partial charge in [-0.1, -0.05) is 48.5 Å². The Balaban J connectivity index is 1.78. The smallest absolute Gasteiger partial charge is 0.251 e. The number of benzene rings is 2. The Hall–Kier alpha value is -2.86. The SMILES string of the molecule is O=C1NC(=S)N(c2ccccc2)C(=O)[C@@H]1C=NCc1ccccc1. The number of para-hydroxylation sites is 1. The molecule has 1 aliphatic heterocycles.